The minimum atomic E-state index is -0.945. The van der Waals surface area contributed by atoms with Crippen molar-refractivity contribution in [3.8, 4) is 0 Å². The standard InChI is InChI=1S/C12H14FNO/c1-9-3-5-11(6-4-9)7-8-14-12(15)10(2)13/h3-6H,2,7-8H2,1H3,(H,14,15). The van der Waals surface area contributed by atoms with Crippen LogP contribution < -0.4 is 5.32 Å². The second-order valence-electron chi connectivity index (χ2n) is 3.40. The number of amides is 1. The molecule has 0 atom stereocenters. The SMILES string of the molecule is C=C(F)C(=O)NCCc1ccc(C)cc1. The molecular weight excluding hydrogens is 193 g/mol. The fourth-order valence-electron chi connectivity index (χ4n) is 1.17. The third-order valence-corrected chi connectivity index (χ3v) is 2.07. The number of halogens is 1. The first-order valence-corrected chi connectivity index (χ1v) is 4.78. The van der Waals surface area contributed by atoms with Crippen LogP contribution in [0.3, 0.4) is 0 Å². The Kier molecular flexibility index (Phi) is 4.03. The van der Waals surface area contributed by atoms with Crippen LogP contribution in [0, 0.1) is 6.92 Å². The summed E-state index contributed by atoms with van der Waals surface area (Å²) in [5.74, 6) is -1.68. The maximum absolute atomic E-state index is 12.3. The second-order valence-corrected chi connectivity index (χ2v) is 3.40. The maximum Gasteiger partial charge on any atom is 0.279 e. The molecule has 0 aliphatic carbocycles. The number of rotatable bonds is 4. The van der Waals surface area contributed by atoms with Crippen molar-refractivity contribution in [1.29, 1.82) is 0 Å². The average molecular weight is 207 g/mol. The lowest BCUT2D eigenvalue weighted by Crippen LogP contribution is -2.25. The second kappa shape index (κ2) is 5.29. The molecule has 15 heavy (non-hydrogen) atoms. The van der Waals surface area contributed by atoms with E-state index in [1.54, 1.807) is 0 Å². The molecule has 0 spiro atoms. The number of hydrogen-bond acceptors (Lipinski definition) is 1. The van der Waals surface area contributed by atoms with E-state index < -0.39 is 11.7 Å². The Bertz CT molecular complexity index is 356. The van der Waals surface area contributed by atoms with E-state index in [1.165, 1.54) is 5.56 Å². The first-order valence-electron chi connectivity index (χ1n) is 4.78. The molecule has 1 aromatic rings. The topological polar surface area (TPSA) is 29.1 Å². The predicted octanol–water partition coefficient (Wildman–Crippen LogP) is 2.14. The van der Waals surface area contributed by atoms with Gasteiger partial charge in [0.25, 0.3) is 5.91 Å². The van der Waals surface area contributed by atoms with Crippen molar-refractivity contribution in [3.63, 3.8) is 0 Å². The van der Waals surface area contributed by atoms with Crippen molar-refractivity contribution in [2.24, 2.45) is 0 Å². The van der Waals surface area contributed by atoms with Gasteiger partial charge in [-0.3, -0.25) is 4.79 Å². The minimum Gasteiger partial charge on any atom is -0.350 e. The predicted molar refractivity (Wildman–Crippen MR) is 58.1 cm³/mol. The van der Waals surface area contributed by atoms with E-state index in [1.807, 2.05) is 31.2 Å². The van der Waals surface area contributed by atoms with Gasteiger partial charge in [0, 0.05) is 6.54 Å². The molecular formula is C12H14FNO. The number of carbonyl (C=O) groups excluding carboxylic acids is 1. The summed E-state index contributed by atoms with van der Waals surface area (Å²) in [4.78, 5) is 10.8. The summed E-state index contributed by atoms with van der Waals surface area (Å²) in [6, 6.07) is 7.99. The van der Waals surface area contributed by atoms with Crippen molar-refractivity contribution < 1.29 is 9.18 Å². The van der Waals surface area contributed by atoms with Crippen LogP contribution in [0.15, 0.2) is 36.7 Å². The van der Waals surface area contributed by atoms with Crippen LogP contribution in [0.1, 0.15) is 11.1 Å². The van der Waals surface area contributed by atoms with Gasteiger partial charge >= 0.3 is 0 Å². The van der Waals surface area contributed by atoms with Gasteiger partial charge in [-0.2, -0.15) is 0 Å². The Morgan fingerprint density at radius 3 is 2.53 bits per heavy atom. The van der Waals surface area contributed by atoms with E-state index in [4.69, 9.17) is 0 Å². The van der Waals surface area contributed by atoms with E-state index in [0.29, 0.717) is 13.0 Å². The van der Waals surface area contributed by atoms with Gasteiger partial charge in [-0.25, -0.2) is 4.39 Å². The van der Waals surface area contributed by atoms with Gasteiger partial charge in [-0.15, -0.1) is 0 Å². The maximum atomic E-state index is 12.3. The molecule has 0 bridgehead atoms. The first kappa shape index (κ1) is 11.4. The fourth-order valence-corrected chi connectivity index (χ4v) is 1.17. The third-order valence-electron chi connectivity index (χ3n) is 2.07. The quantitative estimate of drug-likeness (QED) is 0.753. The van der Waals surface area contributed by atoms with E-state index in [-0.39, 0.29) is 0 Å². The molecule has 0 aliphatic heterocycles. The first-order chi connectivity index (χ1) is 7.09. The summed E-state index contributed by atoms with van der Waals surface area (Å²) in [5, 5.41) is 2.43. The van der Waals surface area contributed by atoms with Crippen LogP contribution in [0.4, 0.5) is 4.39 Å². The van der Waals surface area contributed by atoms with Crippen molar-refractivity contribution in [2.45, 2.75) is 13.3 Å². The number of nitrogens with one attached hydrogen (secondary N) is 1. The van der Waals surface area contributed by atoms with Crippen LogP contribution in [0.25, 0.3) is 0 Å². The van der Waals surface area contributed by atoms with Gasteiger partial charge in [0.15, 0.2) is 5.83 Å². The molecule has 1 rings (SSSR count). The number of aryl methyl sites for hydroxylation is 1. The highest BCUT2D eigenvalue weighted by atomic mass is 19.1. The monoisotopic (exact) mass is 207 g/mol. The molecule has 0 unspecified atom stereocenters. The molecule has 1 amide bonds. The Morgan fingerprint density at radius 1 is 1.40 bits per heavy atom. The molecule has 80 valence electrons. The lowest BCUT2D eigenvalue weighted by Gasteiger charge is -2.03. The summed E-state index contributed by atoms with van der Waals surface area (Å²) in [5.41, 5.74) is 2.31. The highest BCUT2D eigenvalue weighted by molar-refractivity contribution is 5.90. The third kappa shape index (κ3) is 3.94. The molecule has 0 fully saturated rings. The van der Waals surface area contributed by atoms with E-state index in [0.717, 1.165) is 5.56 Å². The van der Waals surface area contributed by atoms with Gasteiger partial charge < -0.3 is 5.32 Å². The minimum absolute atomic E-state index is 0.421. The summed E-state index contributed by atoms with van der Waals surface area (Å²) in [7, 11) is 0. The Morgan fingerprint density at radius 2 is 2.00 bits per heavy atom. The Hall–Kier alpha value is -1.64. The molecule has 0 radical (unpaired) electrons. The smallest absolute Gasteiger partial charge is 0.279 e. The summed E-state index contributed by atoms with van der Waals surface area (Å²) in [6.07, 6.45) is 0.694. The van der Waals surface area contributed by atoms with Gasteiger partial charge in [-0.1, -0.05) is 36.4 Å². The van der Waals surface area contributed by atoms with Crippen LogP contribution >= 0.6 is 0 Å². The van der Waals surface area contributed by atoms with Gasteiger partial charge in [-0.05, 0) is 18.9 Å². The normalized spacial score (nSPS) is 9.73. The largest absolute Gasteiger partial charge is 0.350 e. The average Bonchev–Trinajstić information content (AvgIpc) is 2.20. The summed E-state index contributed by atoms with van der Waals surface area (Å²) in [6.45, 7) is 5.35. The van der Waals surface area contributed by atoms with Crippen LogP contribution in [-0.2, 0) is 11.2 Å². The molecule has 2 nitrogen and oxygen atoms in total. The molecule has 0 aliphatic rings. The van der Waals surface area contributed by atoms with Crippen LogP contribution in [0.2, 0.25) is 0 Å². The summed E-state index contributed by atoms with van der Waals surface area (Å²) >= 11 is 0. The van der Waals surface area contributed by atoms with Gasteiger partial charge in [0.2, 0.25) is 0 Å². The van der Waals surface area contributed by atoms with E-state index >= 15 is 0 Å². The molecule has 3 heteroatoms. The molecule has 0 saturated heterocycles. The molecule has 0 heterocycles. The van der Waals surface area contributed by atoms with E-state index in [2.05, 4.69) is 11.9 Å². The zero-order valence-corrected chi connectivity index (χ0v) is 8.72. The number of benzene rings is 1. The highest BCUT2D eigenvalue weighted by Gasteiger charge is 2.03. The Labute approximate surface area is 88.8 Å². The van der Waals surface area contributed by atoms with Crippen molar-refractivity contribution >= 4 is 5.91 Å². The molecule has 0 aromatic heterocycles. The molecule has 1 N–H and O–H groups in total. The fraction of sp³-hybridized carbons (Fsp3) is 0.250. The van der Waals surface area contributed by atoms with Crippen LogP contribution in [-0.4, -0.2) is 12.5 Å². The lowest BCUT2D eigenvalue weighted by molar-refractivity contribution is -0.118. The zero-order chi connectivity index (χ0) is 11.3. The highest BCUT2D eigenvalue weighted by Crippen LogP contribution is 2.03. The lowest BCUT2D eigenvalue weighted by atomic mass is 10.1. The molecule has 0 saturated carbocycles. The Balaban J connectivity index is 2.35. The van der Waals surface area contributed by atoms with Crippen LogP contribution in [0.5, 0.6) is 0 Å². The van der Waals surface area contributed by atoms with Crippen molar-refractivity contribution in [3.05, 3.63) is 47.8 Å². The number of carbonyl (C=O) groups is 1. The van der Waals surface area contributed by atoms with Crippen molar-refractivity contribution in [2.75, 3.05) is 6.54 Å². The van der Waals surface area contributed by atoms with Crippen molar-refractivity contribution in [1.82, 2.24) is 5.32 Å². The number of hydrogen-bond donors (Lipinski definition) is 1. The van der Waals surface area contributed by atoms with Gasteiger partial charge in [0.1, 0.15) is 0 Å². The molecule has 1 aromatic carbocycles. The summed E-state index contributed by atoms with van der Waals surface area (Å²) < 4.78 is 12.3. The van der Waals surface area contributed by atoms with Gasteiger partial charge in [0.05, 0.1) is 0 Å². The van der Waals surface area contributed by atoms with E-state index in [9.17, 15) is 9.18 Å². The zero-order valence-electron chi connectivity index (χ0n) is 8.72.